The van der Waals surface area contributed by atoms with Gasteiger partial charge in [0.05, 0.1) is 6.54 Å². The minimum absolute atomic E-state index is 0.0104. The van der Waals surface area contributed by atoms with E-state index in [9.17, 15) is 9.18 Å². The lowest BCUT2D eigenvalue weighted by Gasteiger charge is -2.24. The summed E-state index contributed by atoms with van der Waals surface area (Å²) in [7, 11) is 0. The fourth-order valence-electron chi connectivity index (χ4n) is 1.93. The number of hydrogen-bond acceptors (Lipinski definition) is 3. The van der Waals surface area contributed by atoms with E-state index >= 15 is 0 Å². The molecule has 1 aromatic carbocycles. The summed E-state index contributed by atoms with van der Waals surface area (Å²) in [6.07, 6.45) is 2.90. The Kier molecular flexibility index (Phi) is 4.74. The van der Waals surface area contributed by atoms with Crippen LogP contribution >= 0.6 is 0 Å². The second kappa shape index (κ2) is 6.52. The number of anilines is 1. The fraction of sp³-hybridized carbons (Fsp3) is 0.500. The van der Waals surface area contributed by atoms with E-state index < -0.39 is 0 Å². The van der Waals surface area contributed by atoms with Gasteiger partial charge in [-0.25, -0.2) is 4.39 Å². The number of benzene rings is 1. The van der Waals surface area contributed by atoms with Crippen molar-refractivity contribution in [2.45, 2.75) is 25.3 Å². The molecule has 0 heterocycles. The molecule has 5 heteroatoms. The lowest BCUT2D eigenvalue weighted by molar-refractivity contribution is -0.119. The largest absolute Gasteiger partial charge is 0.362 e. The van der Waals surface area contributed by atoms with Crippen LogP contribution in [-0.2, 0) is 4.79 Å². The van der Waals surface area contributed by atoms with Crippen LogP contribution in [0.15, 0.2) is 24.3 Å². The van der Waals surface area contributed by atoms with E-state index in [1.54, 1.807) is 6.07 Å². The Balaban J connectivity index is 1.99. The molecule has 0 aromatic heterocycles. The first-order chi connectivity index (χ1) is 9.19. The molecule has 0 unspecified atom stereocenters. The summed E-state index contributed by atoms with van der Waals surface area (Å²) in [5.41, 5.74) is 6.23. The molecule has 1 aliphatic rings. The summed E-state index contributed by atoms with van der Waals surface area (Å²) in [6, 6.07) is 6.65. The number of carbonyl (C=O) groups excluding carboxylic acids is 1. The zero-order chi connectivity index (χ0) is 13.7. The second-order valence-electron chi connectivity index (χ2n) is 4.89. The van der Waals surface area contributed by atoms with Crippen LogP contribution in [-0.4, -0.2) is 31.6 Å². The van der Waals surface area contributed by atoms with Gasteiger partial charge < -0.3 is 16.0 Å². The summed E-state index contributed by atoms with van der Waals surface area (Å²) in [6.45, 7) is 1.45. The third-order valence-corrected chi connectivity index (χ3v) is 3.08. The summed E-state index contributed by atoms with van der Waals surface area (Å²) in [5, 5.41) is 2.94. The van der Waals surface area contributed by atoms with Gasteiger partial charge in [0.15, 0.2) is 0 Å². The Bertz CT molecular complexity index is 434. The summed E-state index contributed by atoms with van der Waals surface area (Å²) in [4.78, 5) is 13.7. The highest BCUT2D eigenvalue weighted by molar-refractivity contribution is 5.81. The van der Waals surface area contributed by atoms with E-state index in [1.807, 2.05) is 11.0 Å². The van der Waals surface area contributed by atoms with Gasteiger partial charge in [0, 0.05) is 18.3 Å². The maximum Gasteiger partial charge on any atom is 0.239 e. The summed E-state index contributed by atoms with van der Waals surface area (Å²) < 4.78 is 13.3. The van der Waals surface area contributed by atoms with Gasteiger partial charge in [0.1, 0.15) is 5.82 Å². The molecule has 1 fully saturated rings. The van der Waals surface area contributed by atoms with Gasteiger partial charge in [-0.2, -0.15) is 0 Å². The molecule has 2 rings (SSSR count). The average molecular weight is 265 g/mol. The van der Waals surface area contributed by atoms with Gasteiger partial charge in [-0.3, -0.25) is 4.79 Å². The van der Waals surface area contributed by atoms with Crippen LogP contribution in [0.5, 0.6) is 0 Å². The lowest BCUT2D eigenvalue weighted by Crippen LogP contribution is -2.39. The van der Waals surface area contributed by atoms with Crippen molar-refractivity contribution in [2.75, 3.05) is 24.5 Å². The average Bonchev–Trinajstić information content (AvgIpc) is 3.18. The zero-order valence-electron chi connectivity index (χ0n) is 10.9. The molecule has 0 atom stereocenters. The van der Waals surface area contributed by atoms with Gasteiger partial charge in [-0.1, -0.05) is 6.07 Å². The molecular weight excluding hydrogens is 245 g/mol. The molecule has 1 aliphatic carbocycles. The minimum Gasteiger partial charge on any atom is -0.362 e. The number of rotatable bonds is 7. The van der Waals surface area contributed by atoms with E-state index in [0.29, 0.717) is 19.1 Å². The van der Waals surface area contributed by atoms with Gasteiger partial charge in [0.2, 0.25) is 5.91 Å². The molecule has 1 amide bonds. The predicted octanol–water partition coefficient (Wildman–Crippen LogP) is 1.26. The Morgan fingerprint density at radius 1 is 1.47 bits per heavy atom. The first-order valence-corrected chi connectivity index (χ1v) is 6.69. The quantitative estimate of drug-likeness (QED) is 0.780. The first-order valence-electron chi connectivity index (χ1n) is 6.69. The molecule has 3 N–H and O–H groups in total. The molecule has 0 bridgehead atoms. The zero-order valence-corrected chi connectivity index (χ0v) is 10.9. The standard InChI is InChI=1S/C14H20FN3O/c15-11-3-1-4-13(9-11)18(8-2-7-16)10-14(19)17-12-5-6-12/h1,3-4,9,12H,2,5-8,10,16H2,(H,17,19). The Labute approximate surface area is 112 Å². The number of carbonyl (C=O) groups is 1. The topological polar surface area (TPSA) is 58.4 Å². The predicted molar refractivity (Wildman–Crippen MR) is 73.4 cm³/mol. The van der Waals surface area contributed by atoms with E-state index in [1.165, 1.54) is 12.1 Å². The van der Waals surface area contributed by atoms with E-state index in [2.05, 4.69) is 5.32 Å². The van der Waals surface area contributed by atoms with Crippen LogP contribution < -0.4 is 16.0 Å². The van der Waals surface area contributed by atoms with Crippen molar-refractivity contribution in [2.24, 2.45) is 5.73 Å². The number of nitrogens with zero attached hydrogens (tertiary/aromatic N) is 1. The first kappa shape index (κ1) is 13.8. The monoisotopic (exact) mass is 265 g/mol. The SMILES string of the molecule is NCCCN(CC(=O)NC1CC1)c1cccc(F)c1. The van der Waals surface area contributed by atoms with Crippen molar-refractivity contribution in [1.29, 1.82) is 0 Å². The number of nitrogens with two attached hydrogens (primary N) is 1. The minimum atomic E-state index is -0.294. The fourth-order valence-corrected chi connectivity index (χ4v) is 1.93. The van der Waals surface area contributed by atoms with Crippen molar-refractivity contribution in [3.63, 3.8) is 0 Å². The smallest absolute Gasteiger partial charge is 0.239 e. The van der Waals surface area contributed by atoms with Gasteiger partial charge in [-0.15, -0.1) is 0 Å². The highest BCUT2D eigenvalue weighted by Gasteiger charge is 2.24. The van der Waals surface area contributed by atoms with E-state index in [0.717, 1.165) is 24.9 Å². The van der Waals surface area contributed by atoms with Crippen LogP contribution in [0.2, 0.25) is 0 Å². The van der Waals surface area contributed by atoms with Gasteiger partial charge in [-0.05, 0) is 44.0 Å². The molecule has 0 saturated heterocycles. The molecule has 1 saturated carbocycles. The Morgan fingerprint density at radius 3 is 2.89 bits per heavy atom. The summed E-state index contributed by atoms with van der Waals surface area (Å²) >= 11 is 0. The van der Waals surface area contributed by atoms with Crippen molar-refractivity contribution < 1.29 is 9.18 Å². The van der Waals surface area contributed by atoms with Crippen molar-refractivity contribution in [1.82, 2.24) is 5.32 Å². The molecular formula is C14H20FN3O. The van der Waals surface area contributed by atoms with Crippen molar-refractivity contribution in [3.05, 3.63) is 30.1 Å². The number of halogens is 1. The highest BCUT2D eigenvalue weighted by atomic mass is 19.1. The molecule has 0 radical (unpaired) electrons. The van der Waals surface area contributed by atoms with Crippen LogP contribution in [0, 0.1) is 5.82 Å². The number of amides is 1. The maximum atomic E-state index is 13.3. The van der Waals surface area contributed by atoms with Gasteiger partial charge >= 0.3 is 0 Å². The lowest BCUT2D eigenvalue weighted by atomic mass is 10.2. The third-order valence-electron chi connectivity index (χ3n) is 3.08. The van der Waals surface area contributed by atoms with Crippen LogP contribution in [0.3, 0.4) is 0 Å². The molecule has 1 aromatic rings. The van der Waals surface area contributed by atoms with Crippen LogP contribution in [0.4, 0.5) is 10.1 Å². The molecule has 4 nitrogen and oxygen atoms in total. The van der Waals surface area contributed by atoms with Crippen LogP contribution in [0.25, 0.3) is 0 Å². The van der Waals surface area contributed by atoms with Crippen molar-refractivity contribution >= 4 is 11.6 Å². The Hall–Kier alpha value is -1.62. The molecule has 19 heavy (non-hydrogen) atoms. The van der Waals surface area contributed by atoms with E-state index in [4.69, 9.17) is 5.73 Å². The number of nitrogens with one attached hydrogen (secondary N) is 1. The highest BCUT2D eigenvalue weighted by Crippen LogP contribution is 2.19. The maximum absolute atomic E-state index is 13.3. The molecule has 0 aliphatic heterocycles. The Morgan fingerprint density at radius 2 is 2.26 bits per heavy atom. The molecule has 104 valence electrons. The van der Waals surface area contributed by atoms with Crippen LogP contribution in [0.1, 0.15) is 19.3 Å². The second-order valence-corrected chi connectivity index (χ2v) is 4.89. The molecule has 0 spiro atoms. The summed E-state index contributed by atoms with van der Waals surface area (Å²) in [5.74, 6) is -0.304. The van der Waals surface area contributed by atoms with E-state index in [-0.39, 0.29) is 18.3 Å². The van der Waals surface area contributed by atoms with Gasteiger partial charge in [0.25, 0.3) is 0 Å². The normalized spacial score (nSPS) is 14.2. The third kappa shape index (κ3) is 4.52. The number of hydrogen-bond donors (Lipinski definition) is 2. The van der Waals surface area contributed by atoms with Crippen molar-refractivity contribution in [3.8, 4) is 0 Å².